The molecule has 0 radical (unpaired) electrons. The summed E-state index contributed by atoms with van der Waals surface area (Å²) in [5.41, 5.74) is 0. The van der Waals surface area contributed by atoms with Crippen molar-refractivity contribution in [2.45, 2.75) is 58.8 Å². The third kappa shape index (κ3) is 6.71. The first-order chi connectivity index (χ1) is 8.38. The highest BCUT2D eigenvalue weighted by atomic mass is 32.2. The number of rotatable bonds is 8. The van der Waals surface area contributed by atoms with Crippen LogP contribution in [0.1, 0.15) is 58.8 Å². The summed E-state index contributed by atoms with van der Waals surface area (Å²) < 4.78 is 0. The van der Waals surface area contributed by atoms with E-state index < -0.39 is 0 Å². The molecule has 102 valence electrons. The molecule has 1 nitrogen and oxygen atoms in total. The standard InChI is InChI=1S/C15H31NS/c1-3-16-13-15-10-7-5-6-9-14(15)11-8-12-17-4-2/h14-16H,3-13H2,1-2H3. The molecule has 1 rings (SSSR count). The van der Waals surface area contributed by atoms with Crippen LogP contribution in [0.3, 0.4) is 0 Å². The average molecular weight is 257 g/mol. The zero-order valence-corrected chi connectivity index (χ0v) is 12.7. The predicted molar refractivity (Wildman–Crippen MR) is 80.8 cm³/mol. The molecule has 1 aliphatic rings. The molecule has 2 atom stereocenters. The molecule has 1 N–H and O–H groups in total. The minimum atomic E-state index is 0.962. The highest BCUT2D eigenvalue weighted by Crippen LogP contribution is 2.32. The summed E-state index contributed by atoms with van der Waals surface area (Å²) >= 11 is 2.11. The van der Waals surface area contributed by atoms with Crippen molar-refractivity contribution in [3.05, 3.63) is 0 Å². The fourth-order valence-corrected chi connectivity index (χ4v) is 3.69. The SMILES string of the molecule is CCNCC1CCCCCC1CCCSCC. The van der Waals surface area contributed by atoms with Crippen LogP contribution >= 0.6 is 11.8 Å². The molecule has 0 heterocycles. The van der Waals surface area contributed by atoms with Crippen molar-refractivity contribution in [2.75, 3.05) is 24.6 Å². The maximum absolute atomic E-state index is 3.57. The maximum atomic E-state index is 3.57. The van der Waals surface area contributed by atoms with E-state index in [1.54, 1.807) is 0 Å². The largest absolute Gasteiger partial charge is 0.317 e. The van der Waals surface area contributed by atoms with Crippen molar-refractivity contribution < 1.29 is 0 Å². The van der Waals surface area contributed by atoms with Crippen molar-refractivity contribution in [3.63, 3.8) is 0 Å². The molecule has 0 aromatic carbocycles. The Labute approximate surface area is 113 Å². The molecule has 1 fully saturated rings. The van der Waals surface area contributed by atoms with Crippen LogP contribution in [0.2, 0.25) is 0 Å². The lowest BCUT2D eigenvalue weighted by Gasteiger charge is -2.25. The number of thioether (sulfide) groups is 1. The predicted octanol–water partition coefficient (Wildman–Crippen LogP) is 4.33. The molecule has 0 aromatic heterocycles. The van der Waals surface area contributed by atoms with Gasteiger partial charge in [0.1, 0.15) is 0 Å². The quantitative estimate of drug-likeness (QED) is 0.513. The first-order valence-corrected chi connectivity index (χ1v) is 8.82. The Balaban J connectivity index is 2.27. The third-order valence-corrected chi connectivity index (χ3v) is 5.03. The van der Waals surface area contributed by atoms with Crippen molar-refractivity contribution in [1.82, 2.24) is 5.32 Å². The Morgan fingerprint density at radius 2 is 1.82 bits per heavy atom. The van der Waals surface area contributed by atoms with Crippen molar-refractivity contribution in [1.29, 1.82) is 0 Å². The molecular weight excluding hydrogens is 226 g/mol. The van der Waals surface area contributed by atoms with Gasteiger partial charge in [0.15, 0.2) is 0 Å². The van der Waals surface area contributed by atoms with Gasteiger partial charge in [-0.1, -0.05) is 39.5 Å². The van der Waals surface area contributed by atoms with E-state index in [0.29, 0.717) is 0 Å². The van der Waals surface area contributed by atoms with E-state index in [4.69, 9.17) is 0 Å². The average Bonchev–Trinajstić information content (AvgIpc) is 2.57. The molecule has 1 aliphatic carbocycles. The fourth-order valence-electron chi connectivity index (χ4n) is 3.03. The van der Waals surface area contributed by atoms with Gasteiger partial charge in [-0.2, -0.15) is 11.8 Å². The van der Waals surface area contributed by atoms with Crippen molar-refractivity contribution in [2.24, 2.45) is 11.8 Å². The molecule has 0 saturated heterocycles. The van der Waals surface area contributed by atoms with Crippen LogP contribution in [0.4, 0.5) is 0 Å². The fraction of sp³-hybridized carbons (Fsp3) is 1.00. The Bertz CT molecular complexity index is 172. The number of hydrogen-bond acceptors (Lipinski definition) is 2. The minimum Gasteiger partial charge on any atom is -0.317 e. The highest BCUT2D eigenvalue weighted by molar-refractivity contribution is 7.99. The van der Waals surface area contributed by atoms with E-state index in [1.165, 1.54) is 63.0 Å². The van der Waals surface area contributed by atoms with Crippen LogP contribution in [0, 0.1) is 11.8 Å². The van der Waals surface area contributed by atoms with Gasteiger partial charge in [-0.25, -0.2) is 0 Å². The summed E-state index contributed by atoms with van der Waals surface area (Å²) in [4.78, 5) is 0. The van der Waals surface area contributed by atoms with E-state index in [1.807, 2.05) is 0 Å². The van der Waals surface area contributed by atoms with Gasteiger partial charge in [0.25, 0.3) is 0 Å². The molecule has 1 saturated carbocycles. The maximum Gasteiger partial charge on any atom is -0.00180 e. The van der Waals surface area contributed by atoms with Crippen LogP contribution in [0.25, 0.3) is 0 Å². The monoisotopic (exact) mass is 257 g/mol. The van der Waals surface area contributed by atoms with E-state index in [2.05, 4.69) is 30.9 Å². The van der Waals surface area contributed by atoms with Crippen LogP contribution in [0.15, 0.2) is 0 Å². The number of nitrogens with one attached hydrogen (secondary N) is 1. The van der Waals surface area contributed by atoms with Crippen LogP contribution in [0.5, 0.6) is 0 Å². The Morgan fingerprint density at radius 1 is 1.06 bits per heavy atom. The smallest absolute Gasteiger partial charge is 0.00180 e. The second-order valence-electron chi connectivity index (χ2n) is 5.30. The van der Waals surface area contributed by atoms with E-state index in [9.17, 15) is 0 Å². The zero-order valence-electron chi connectivity index (χ0n) is 11.8. The summed E-state index contributed by atoms with van der Waals surface area (Å²) in [5, 5.41) is 3.57. The molecule has 0 amide bonds. The summed E-state index contributed by atoms with van der Waals surface area (Å²) in [6.45, 7) is 6.89. The van der Waals surface area contributed by atoms with Gasteiger partial charge < -0.3 is 5.32 Å². The van der Waals surface area contributed by atoms with Gasteiger partial charge in [0.2, 0.25) is 0 Å². The van der Waals surface area contributed by atoms with Crippen LogP contribution in [-0.4, -0.2) is 24.6 Å². The Kier molecular flexibility index (Phi) is 9.27. The first-order valence-electron chi connectivity index (χ1n) is 7.66. The van der Waals surface area contributed by atoms with E-state index >= 15 is 0 Å². The molecule has 0 bridgehead atoms. The van der Waals surface area contributed by atoms with Gasteiger partial charge in [0, 0.05) is 0 Å². The van der Waals surface area contributed by atoms with Gasteiger partial charge in [-0.05, 0) is 55.7 Å². The van der Waals surface area contributed by atoms with Crippen molar-refractivity contribution >= 4 is 11.8 Å². The molecule has 0 aliphatic heterocycles. The van der Waals surface area contributed by atoms with E-state index in [0.717, 1.165) is 18.4 Å². The molecule has 0 spiro atoms. The lowest BCUT2D eigenvalue weighted by atomic mass is 9.84. The van der Waals surface area contributed by atoms with Crippen molar-refractivity contribution in [3.8, 4) is 0 Å². The zero-order chi connectivity index (χ0) is 12.3. The summed E-state index contributed by atoms with van der Waals surface area (Å²) in [7, 11) is 0. The number of hydrogen-bond donors (Lipinski definition) is 1. The molecular formula is C15H31NS. The Hall–Kier alpha value is 0.310. The van der Waals surface area contributed by atoms with Gasteiger partial charge >= 0.3 is 0 Å². The minimum absolute atomic E-state index is 0.962. The first kappa shape index (κ1) is 15.4. The van der Waals surface area contributed by atoms with E-state index in [-0.39, 0.29) is 0 Å². The molecule has 2 heteroatoms. The topological polar surface area (TPSA) is 12.0 Å². The molecule has 0 aromatic rings. The lowest BCUT2D eigenvalue weighted by Crippen LogP contribution is -2.27. The van der Waals surface area contributed by atoms with Gasteiger partial charge in [-0.15, -0.1) is 0 Å². The van der Waals surface area contributed by atoms with Crippen LogP contribution in [-0.2, 0) is 0 Å². The Morgan fingerprint density at radius 3 is 2.53 bits per heavy atom. The van der Waals surface area contributed by atoms with Gasteiger partial charge in [-0.3, -0.25) is 0 Å². The van der Waals surface area contributed by atoms with Gasteiger partial charge in [0.05, 0.1) is 0 Å². The molecule has 17 heavy (non-hydrogen) atoms. The normalized spacial score (nSPS) is 25.8. The lowest BCUT2D eigenvalue weighted by molar-refractivity contribution is 0.283. The second kappa shape index (κ2) is 10.3. The summed E-state index contributed by atoms with van der Waals surface area (Å²) in [5.74, 6) is 4.63. The highest BCUT2D eigenvalue weighted by Gasteiger charge is 2.22. The summed E-state index contributed by atoms with van der Waals surface area (Å²) in [6.07, 6.45) is 10.3. The summed E-state index contributed by atoms with van der Waals surface area (Å²) in [6, 6.07) is 0. The third-order valence-electron chi connectivity index (χ3n) is 4.04. The van der Waals surface area contributed by atoms with Crippen LogP contribution < -0.4 is 5.32 Å². The second-order valence-corrected chi connectivity index (χ2v) is 6.70. The molecule has 2 unspecified atom stereocenters.